The van der Waals surface area contributed by atoms with E-state index >= 15 is 0 Å². The summed E-state index contributed by atoms with van der Waals surface area (Å²) in [6.45, 7) is 3.28. The van der Waals surface area contributed by atoms with Gasteiger partial charge in [0.05, 0.1) is 12.8 Å². The Labute approximate surface area is 137 Å². The van der Waals surface area contributed by atoms with Crippen LogP contribution in [0.2, 0.25) is 0 Å². The highest BCUT2D eigenvalue weighted by atomic mass is 16.5. The molecule has 1 aliphatic rings. The quantitative estimate of drug-likeness (QED) is 0.871. The zero-order chi connectivity index (χ0) is 16.2. The van der Waals surface area contributed by atoms with Crippen molar-refractivity contribution in [2.75, 3.05) is 20.2 Å². The van der Waals surface area contributed by atoms with Gasteiger partial charge in [0.1, 0.15) is 5.75 Å². The molecule has 0 spiro atoms. The summed E-state index contributed by atoms with van der Waals surface area (Å²) in [7, 11) is 1.66. The summed E-state index contributed by atoms with van der Waals surface area (Å²) in [6, 6.07) is 14.1. The average molecular weight is 310 g/mol. The molecule has 1 amide bonds. The van der Waals surface area contributed by atoms with Crippen molar-refractivity contribution in [3.05, 3.63) is 48.2 Å². The molecule has 1 fully saturated rings. The first-order valence-corrected chi connectivity index (χ1v) is 8.04. The number of rotatable bonds is 3. The normalized spacial score (nSPS) is 17.8. The van der Waals surface area contributed by atoms with E-state index < -0.39 is 0 Å². The SMILES string of the molecule is COc1ccc(-c2cccc([C@@H]3CCCN(C(C)=O)C3)n2)cc1. The first-order valence-electron chi connectivity index (χ1n) is 8.04. The molecule has 0 N–H and O–H groups in total. The minimum absolute atomic E-state index is 0.154. The molecule has 0 bridgehead atoms. The second-order valence-electron chi connectivity index (χ2n) is 5.98. The lowest BCUT2D eigenvalue weighted by molar-refractivity contribution is -0.130. The van der Waals surface area contributed by atoms with E-state index in [9.17, 15) is 4.79 Å². The first kappa shape index (κ1) is 15.5. The van der Waals surface area contributed by atoms with Gasteiger partial charge in [-0.1, -0.05) is 6.07 Å². The fourth-order valence-corrected chi connectivity index (χ4v) is 3.11. The minimum atomic E-state index is 0.154. The summed E-state index contributed by atoms with van der Waals surface area (Å²) in [5.41, 5.74) is 3.11. The summed E-state index contributed by atoms with van der Waals surface area (Å²) < 4.78 is 5.20. The van der Waals surface area contributed by atoms with Gasteiger partial charge < -0.3 is 9.64 Å². The summed E-state index contributed by atoms with van der Waals surface area (Å²) in [6.07, 6.45) is 2.13. The Morgan fingerprint density at radius 2 is 2.00 bits per heavy atom. The molecule has 0 saturated carbocycles. The van der Waals surface area contributed by atoms with Crippen LogP contribution in [-0.4, -0.2) is 36.0 Å². The van der Waals surface area contributed by atoms with E-state index in [2.05, 4.69) is 12.1 Å². The second kappa shape index (κ2) is 6.82. The number of hydrogen-bond acceptors (Lipinski definition) is 3. The number of methoxy groups -OCH3 is 1. The molecule has 1 saturated heterocycles. The molecule has 3 rings (SSSR count). The largest absolute Gasteiger partial charge is 0.497 e. The highest BCUT2D eigenvalue weighted by Crippen LogP contribution is 2.28. The van der Waals surface area contributed by atoms with Gasteiger partial charge in [0.25, 0.3) is 0 Å². The number of amides is 1. The summed E-state index contributed by atoms with van der Waals surface area (Å²) >= 11 is 0. The summed E-state index contributed by atoms with van der Waals surface area (Å²) in [4.78, 5) is 18.4. The van der Waals surface area contributed by atoms with Crippen LogP contribution >= 0.6 is 0 Å². The minimum Gasteiger partial charge on any atom is -0.497 e. The maximum absolute atomic E-state index is 11.6. The topological polar surface area (TPSA) is 42.4 Å². The molecule has 2 heterocycles. The number of ether oxygens (including phenoxy) is 1. The number of carbonyl (C=O) groups is 1. The van der Waals surface area contributed by atoms with Crippen molar-refractivity contribution in [2.24, 2.45) is 0 Å². The van der Waals surface area contributed by atoms with Gasteiger partial charge in [-0.25, -0.2) is 0 Å². The van der Waals surface area contributed by atoms with E-state index in [1.165, 1.54) is 0 Å². The zero-order valence-electron chi connectivity index (χ0n) is 13.7. The van der Waals surface area contributed by atoms with Gasteiger partial charge in [0.15, 0.2) is 0 Å². The molecular weight excluding hydrogens is 288 g/mol. The Morgan fingerprint density at radius 3 is 2.70 bits per heavy atom. The maximum atomic E-state index is 11.6. The molecule has 0 aliphatic carbocycles. The van der Waals surface area contributed by atoms with Crippen molar-refractivity contribution in [3.8, 4) is 17.0 Å². The van der Waals surface area contributed by atoms with Crippen LogP contribution in [0.15, 0.2) is 42.5 Å². The predicted octanol–water partition coefficient (Wildman–Crippen LogP) is 3.48. The summed E-state index contributed by atoms with van der Waals surface area (Å²) in [5.74, 6) is 1.32. The van der Waals surface area contributed by atoms with Gasteiger partial charge in [0, 0.05) is 37.2 Å². The number of carbonyl (C=O) groups excluding carboxylic acids is 1. The number of hydrogen-bond donors (Lipinski definition) is 0. The van der Waals surface area contributed by atoms with E-state index in [1.807, 2.05) is 35.2 Å². The van der Waals surface area contributed by atoms with Crippen LogP contribution in [0, 0.1) is 0 Å². The van der Waals surface area contributed by atoms with Gasteiger partial charge in [-0.2, -0.15) is 0 Å². The van der Waals surface area contributed by atoms with Gasteiger partial charge in [-0.3, -0.25) is 9.78 Å². The third kappa shape index (κ3) is 3.52. The van der Waals surface area contributed by atoms with Crippen LogP contribution in [0.25, 0.3) is 11.3 Å². The van der Waals surface area contributed by atoms with Crippen LogP contribution < -0.4 is 4.74 Å². The van der Waals surface area contributed by atoms with Crippen LogP contribution in [0.3, 0.4) is 0 Å². The smallest absolute Gasteiger partial charge is 0.219 e. The molecule has 1 aromatic carbocycles. The van der Waals surface area contributed by atoms with E-state index in [1.54, 1.807) is 14.0 Å². The highest BCUT2D eigenvalue weighted by Gasteiger charge is 2.23. The van der Waals surface area contributed by atoms with E-state index in [0.29, 0.717) is 5.92 Å². The number of likely N-dealkylation sites (tertiary alicyclic amines) is 1. The third-order valence-electron chi connectivity index (χ3n) is 4.44. The Bertz CT molecular complexity index is 682. The fourth-order valence-electron chi connectivity index (χ4n) is 3.11. The number of piperidine rings is 1. The Balaban J connectivity index is 1.82. The lowest BCUT2D eigenvalue weighted by Crippen LogP contribution is -2.37. The molecule has 120 valence electrons. The van der Waals surface area contributed by atoms with Gasteiger partial charge >= 0.3 is 0 Å². The van der Waals surface area contributed by atoms with Crippen molar-refractivity contribution in [3.63, 3.8) is 0 Å². The summed E-state index contributed by atoms with van der Waals surface area (Å²) in [5, 5.41) is 0. The molecule has 0 radical (unpaired) electrons. The molecule has 0 unspecified atom stereocenters. The fraction of sp³-hybridized carbons (Fsp3) is 0.368. The van der Waals surface area contributed by atoms with Crippen molar-refractivity contribution in [1.82, 2.24) is 9.88 Å². The van der Waals surface area contributed by atoms with E-state index in [4.69, 9.17) is 9.72 Å². The lowest BCUT2D eigenvalue weighted by Gasteiger charge is -2.31. The van der Waals surface area contributed by atoms with Crippen LogP contribution in [-0.2, 0) is 4.79 Å². The van der Waals surface area contributed by atoms with Crippen LogP contribution in [0.4, 0.5) is 0 Å². The molecule has 4 nitrogen and oxygen atoms in total. The molecule has 23 heavy (non-hydrogen) atoms. The lowest BCUT2D eigenvalue weighted by atomic mass is 9.94. The molecule has 1 aromatic heterocycles. The van der Waals surface area contributed by atoms with E-state index in [-0.39, 0.29) is 5.91 Å². The van der Waals surface area contributed by atoms with Crippen molar-refractivity contribution in [1.29, 1.82) is 0 Å². The van der Waals surface area contributed by atoms with Gasteiger partial charge in [-0.05, 0) is 49.2 Å². The van der Waals surface area contributed by atoms with Crippen molar-refractivity contribution < 1.29 is 9.53 Å². The van der Waals surface area contributed by atoms with Crippen LogP contribution in [0.5, 0.6) is 5.75 Å². The zero-order valence-corrected chi connectivity index (χ0v) is 13.7. The van der Waals surface area contributed by atoms with Crippen molar-refractivity contribution >= 4 is 5.91 Å². The average Bonchev–Trinajstić information content (AvgIpc) is 2.62. The first-order chi connectivity index (χ1) is 11.2. The van der Waals surface area contributed by atoms with Crippen LogP contribution in [0.1, 0.15) is 31.4 Å². The Morgan fingerprint density at radius 1 is 1.22 bits per heavy atom. The molecule has 1 aliphatic heterocycles. The predicted molar refractivity (Wildman–Crippen MR) is 90.5 cm³/mol. The van der Waals surface area contributed by atoms with Gasteiger partial charge in [0.2, 0.25) is 5.91 Å². The van der Waals surface area contributed by atoms with Gasteiger partial charge in [-0.15, -0.1) is 0 Å². The number of pyridine rings is 1. The Hall–Kier alpha value is -2.36. The molecular formula is C19H22N2O2. The standard InChI is InChI=1S/C19H22N2O2/c1-14(22)21-12-4-5-16(13-21)19-7-3-6-18(20-19)15-8-10-17(23-2)11-9-15/h3,6-11,16H,4-5,12-13H2,1-2H3/t16-/m1/s1. The van der Waals surface area contributed by atoms with E-state index in [0.717, 1.165) is 48.6 Å². The highest BCUT2D eigenvalue weighted by molar-refractivity contribution is 5.73. The third-order valence-corrected chi connectivity index (χ3v) is 4.44. The molecule has 4 heteroatoms. The number of aromatic nitrogens is 1. The molecule has 2 aromatic rings. The number of nitrogens with zero attached hydrogens (tertiary/aromatic N) is 2. The maximum Gasteiger partial charge on any atom is 0.219 e. The monoisotopic (exact) mass is 310 g/mol. The van der Waals surface area contributed by atoms with Crippen molar-refractivity contribution in [2.45, 2.75) is 25.7 Å². The second-order valence-corrected chi connectivity index (χ2v) is 5.98. The Kier molecular flexibility index (Phi) is 4.60. The molecule has 1 atom stereocenters. The number of benzene rings is 1.